The summed E-state index contributed by atoms with van der Waals surface area (Å²) in [6, 6.07) is 0. The molecule has 0 aliphatic heterocycles. The van der Waals surface area contributed by atoms with E-state index in [-0.39, 0.29) is 0 Å². The Morgan fingerprint density at radius 3 is 2.61 bits per heavy atom. The molecule has 4 nitrogen and oxygen atoms in total. The van der Waals surface area contributed by atoms with E-state index in [0.29, 0.717) is 5.69 Å². The number of hydrogen-bond donors (Lipinski definition) is 0. The Morgan fingerprint density at radius 1 is 1.33 bits per heavy atom. The number of ether oxygens (including phenoxy) is 1. The summed E-state index contributed by atoms with van der Waals surface area (Å²) < 4.78 is 6.66. The van der Waals surface area contributed by atoms with Gasteiger partial charge in [-0.2, -0.15) is 0 Å². The molecule has 0 amide bonds. The van der Waals surface area contributed by atoms with Crippen molar-refractivity contribution in [2.75, 3.05) is 0 Å². The van der Waals surface area contributed by atoms with Gasteiger partial charge in [-0.15, -0.1) is 0 Å². The van der Waals surface area contributed by atoms with Crippen molar-refractivity contribution in [1.29, 1.82) is 0 Å². The first-order valence-electron chi connectivity index (χ1n) is 6.34. The minimum atomic E-state index is -0.554. The summed E-state index contributed by atoms with van der Waals surface area (Å²) in [7, 11) is 0. The van der Waals surface area contributed by atoms with E-state index in [2.05, 4.69) is 0 Å². The predicted octanol–water partition coefficient (Wildman–Crippen LogP) is 2.96. The van der Waals surface area contributed by atoms with Crippen LogP contribution in [-0.4, -0.2) is 22.5 Å². The van der Waals surface area contributed by atoms with E-state index in [4.69, 9.17) is 4.74 Å². The molecule has 0 N–H and O–H groups in total. The van der Waals surface area contributed by atoms with Crippen LogP contribution in [-0.2, 0) is 17.6 Å². The van der Waals surface area contributed by atoms with Gasteiger partial charge in [-0.25, -0.2) is 9.36 Å². The molecule has 1 heterocycles. The molecule has 0 aromatic carbocycles. The number of carbonyl (C=O) groups excluding carboxylic acids is 2. The van der Waals surface area contributed by atoms with Gasteiger partial charge >= 0.3 is 6.09 Å². The molecule has 1 aromatic heterocycles. The highest BCUT2D eigenvalue weighted by atomic mass is 16.6. The van der Waals surface area contributed by atoms with Crippen molar-refractivity contribution in [2.45, 2.75) is 52.1 Å². The highest BCUT2D eigenvalue weighted by Crippen LogP contribution is 2.26. The molecular formula is C14H19NO3. The van der Waals surface area contributed by atoms with E-state index < -0.39 is 11.7 Å². The van der Waals surface area contributed by atoms with Gasteiger partial charge in [0.05, 0.1) is 5.69 Å². The van der Waals surface area contributed by atoms with Gasteiger partial charge in [0.2, 0.25) is 0 Å². The molecule has 4 heteroatoms. The SMILES string of the molecule is CC(C)(C)OC(=O)n1cc2c(c1C=O)CCCC2. The van der Waals surface area contributed by atoms with Crippen molar-refractivity contribution in [1.82, 2.24) is 4.57 Å². The molecule has 0 unspecified atom stereocenters. The third kappa shape index (κ3) is 2.47. The van der Waals surface area contributed by atoms with Crippen molar-refractivity contribution in [2.24, 2.45) is 0 Å². The molecule has 0 saturated heterocycles. The minimum absolute atomic E-state index is 0.457. The fraction of sp³-hybridized carbons (Fsp3) is 0.571. The van der Waals surface area contributed by atoms with E-state index in [1.807, 2.05) is 20.8 Å². The number of aldehydes is 1. The van der Waals surface area contributed by atoms with Crippen LogP contribution in [0.2, 0.25) is 0 Å². The van der Waals surface area contributed by atoms with Crippen LogP contribution in [0.25, 0.3) is 0 Å². The molecule has 0 radical (unpaired) electrons. The van der Waals surface area contributed by atoms with Gasteiger partial charge in [-0.1, -0.05) is 0 Å². The second-order valence-electron chi connectivity index (χ2n) is 5.69. The Bertz CT molecular complexity index is 480. The van der Waals surface area contributed by atoms with Crippen LogP contribution in [0.1, 0.15) is 55.2 Å². The fourth-order valence-corrected chi connectivity index (χ4v) is 2.32. The van der Waals surface area contributed by atoms with Gasteiger partial charge in [0, 0.05) is 6.20 Å². The first-order valence-corrected chi connectivity index (χ1v) is 6.34. The van der Waals surface area contributed by atoms with E-state index in [0.717, 1.165) is 43.1 Å². The van der Waals surface area contributed by atoms with E-state index in [1.165, 1.54) is 4.57 Å². The molecule has 1 aromatic rings. The van der Waals surface area contributed by atoms with Crippen LogP contribution >= 0.6 is 0 Å². The Morgan fingerprint density at radius 2 is 2.00 bits per heavy atom. The van der Waals surface area contributed by atoms with E-state index in [1.54, 1.807) is 6.20 Å². The van der Waals surface area contributed by atoms with Gasteiger partial charge in [0.25, 0.3) is 0 Å². The smallest absolute Gasteiger partial charge is 0.419 e. The zero-order valence-electron chi connectivity index (χ0n) is 11.2. The zero-order valence-corrected chi connectivity index (χ0v) is 11.2. The molecule has 0 saturated carbocycles. The van der Waals surface area contributed by atoms with Crippen LogP contribution in [0, 0.1) is 0 Å². The van der Waals surface area contributed by atoms with Crippen molar-refractivity contribution in [3.8, 4) is 0 Å². The summed E-state index contributed by atoms with van der Waals surface area (Å²) in [4.78, 5) is 23.2. The Kier molecular flexibility index (Phi) is 3.28. The monoisotopic (exact) mass is 249 g/mol. The van der Waals surface area contributed by atoms with E-state index >= 15 is 0 Å². The maximum Gasteiger partial charge on any atom is 0.419 e. The minimum Gasteiger partial charge on any atom is -0.443 e. The molecule has 1 aliphatic rings. The Balaban J connectivity index is 2.36. The van der Waals surface area contributed by atoms with Crippen LogP contribution in [0.15, 0.2) is 6.20 Å². The lowest BCUT2D eigenvalue weighted by molar-refractivity contribution is 0.0531. The molecule has 0 spiro atoms. The topological polar surface area (TPSA) is 48.3 Å². The van der Waals surface area contributed by atoms with Gasteiger partial charge in [-0.05, 0) is 57.6 Å². The summed E-state index contributed by atoms with van der Waals surface area (Å²) in [5, 5.41) is 0. The van der Waals surface area contributed by atoms with Gasteiger partial charge in [-0.3, -0.25) is 4.79 Å². The quantitative estimate of drug-likeness (QED) is 0.719. The van der Waals surface area contributed by atoms with Crippen molar-refractivity contribution < 1.29 is 14.3 Å². The van der Waals surface area contributed by atoms with Crippen LogP contribution in [0.5, 0.6) is 0 Å². The molecule has 0 fully saturated rings. The molecule has 2 rings (SSSR count). The highest BCUT2D eigenvalue weighted by molar-refractivity contribution is 5.85. The third-order valence-corrected chi connectivity index (χ3v) is 3.07. The van der Waals surface area contributed by atoms with E-state index in [9.17, 15) is 9.59 Å². The lowest BCUT2D eigenvalue weighted by Crippen LogP contribution is -2.27. The second-order valence-corrected chi connectivity index (χ2v) is 5.69. The number of rotatable bonds is 1. The number of fused-ring (bicyclic) bond motifs is 1. The van der Waals surface area contributed by atoms with Crippen molar-refractivity contribution in [3.05, 3.63) is 23.0 Å². The predicted molar refractivity (Wildman–Crippen MR) is 68.1 cm³/mol. The second kappa shape index (κ2) is 4.59. The summed E-state index contributed by atoms with van der Waals surface area (Å²) in [5.74, 6) is 0. The lowest BCUT2D eigenvalue weighted by atomic mass is 9.94. The first kappa shape index (κ1) is 12.9. The van der Waals surface area contributed by atoms with Crippen LogP contribution < -0.4 is 0 Å². The van der Waals surface area contributed by atoms with Gasteiger partial charge < -0.3 is 4.74 Å². The summed E-state index contributed by atoms with van der Waals surface area (Å²) in [6.07, 6.45) is 6.04. The van der Waals surface area contributed by atoms with Gasteiger partial charge in [0.1, 0.15) is 5.60 Å². The number of carbonyl (C=O) groups is 2. The third-order valence-electron chi connectivity index (χ3n) is 3.07. The molecule has 0 bridgehead atoms. The standard InChI is InChI=1S/C14H19NO3/c1-14(2,3)18-13(17)15-8-10-6-4-5-7-11(10)12(15)9-16/h8-9H,4-7H2,1-3H3. The first-order chi connectivity index (χ1) is 8.42. The highest BCUT2D eigenvalue weighted by Gasteiger charge is 2.24. The summed E-state index contributed by atoms with van der Waals surface area (Å²) in [5.41, 5.74) is 2.03. The molecule has 18 heavy (non-hydrogen) atoms. The summed E-state index contributed by atoms with van der Waals surface area (Å²) in [6.45, 7) is 5.44. The Hall–Kier alpha value is -1.58. The number of hydrogen-bond acceptors (Lipinski definition) is 3. The molecule has 1 aliphatic carbocycles. The number of aryl methyl sites for hydroxylation is 1. The van der Waals surface area contributed by atoms with Crippen LogP contribution in [0.3, 0.4) is 0 Å². The lowest BCUT2D eigenvalue weighted by Gasteiger charge is -2.19. The van der Waals surface area contributed by atoms with Gasteiger partial charge in [0.15, 0.2) is 6.29 Å². The molecule has 0 atom stereocenters. The zero-order chi connectivity index (χ0) is 13.3. The number of nitrogens with zero attached hydrogens (tertiary/aromatic N) is 1. The maximum atomic E-state index is 12.0. The van der Waals surface area contributed by atoms with Crippen LogP contribution in [0.4, 0.5) is 4.79 Å². The normalized spacial score (nSPS) is 15.1. The average Bonchev–Trinajstić information content (AvgIpc) is 2.65. The average molecular weight is 249 g/mol. The Labute approximate surface area is 107 Å². The fourth-order valence-electron chi connectivity index (χ4n) is 2.32. The molecular weight excluding hydrogens is 230 g/mol. The summed E-state index contributed by atoms with van der Waals surface area (Å²) >= 11 is 0. The maximum absolute atomic E-state index is 12.0. The largest absolute Gasteiger partial charge is 0.443 e. The van der Waals surface area contributed by atoms with Crippen molar-refractivity contribution >= 4 is 12.4 Å². The molecule has 98 valence electrons. The number of aromatic nitrogens is 1. The van der Waals surface area contributed by atoms with Crippen molar-refractivity contribution in [3.63, 3.8) is 0 Å².